The van der Waals surface area contributed by atoms with Gasteiger partial charge in [0.1, 0.15) is 11.3 Å². The Morgan fingerprint density at radius 3 is 2.48 bits per heavy atom. The van der Waals surface area contributed by atoms with Gasteiger partial charge in [0.2, 0.25) is 11.8 Å². The number of carbonyl (C=O) groups excluding carboxylic acids is 3. The number of hydrogen-bond acceptors (Lipinski definition) is 6. The maximum Gasteiger partial charge on any atom is 0.327 e. The van der Waals surface area contributed by atoms with Crippen molar-refractivity contribution in [1.82, 2.24) is 4.90 Å². The molecule has 0 unspecified atom stereocenters. The number of para-hydroxylation sites is 2. The van der Waals surface area contributed by atoms with Gasteiger partial charge in [0, 0.05) is 11.6 Å². The number of esters is 1. The van der Waals surface area contributed by atoms with Crippen LogP contribution in [0.3, 0.4) is 0 Å². The third-order valence-electron chi connectivity index (χ3n) is 7.23. The van der Waals surface area contributed by atoms with Gasteiger partial charge in [0.25, 0.3) is 0 Å². The largest absolute Gasteiger partial charge is 0.496 e. The van der Waals surface area contributed by atoms with Gasteiger partial charge in [-0.25, -0.2) is 4.90 Å². The van der Waals surface area contributed by atoms with Gasteiger partial charge in [-0.15, -0.1) is 0 Å². The number of ether oxygens (including phenoxy) is 2. The Balaban J connectivity index is 1.61. The van der Waals surface area contributed by atoms with Crippen LogP contribution >= 0.6 is 0 Å². The minimum atomic E-state index is -1.13. The number of anilines is 1. The number of methoxy groups -OCH3 is 2. The van der Waals surface area contributed by atoms with Crippen LogP contribution in [0.25, 0.3) is 6.08 Å². The number of carbonyl (C=O) groups is 3. The quantitative estimate of drug-likeness (QED) is 0.519. The van der Waals surface area contributed by atoms with Crippen LogP contribution < -0.4 is 9.64 Å². The molecule has 2 aromatic carbocycles. The zero-order valence-electron chi connectivity index (χ0n) is 18.6. The molecular formula is C26H26N2O5. The molecule has 0 N–H and O–H groups in total. The first-order chi connectivity index (χ1) is 16.0. The van der Waals surface area contributed by atoms with Crippen LogP contribution in [0.4, 0.5) is 5.69 Å². The van der Waals surface area contributed by atoms with E-state index in [1.807, 2.05) is 47.4 Å². The van der Waals surface area contributed by atoms with E-state index in [9.17, 15) is 14.4 Å². The molecule has 0 aliphatic carbocycles. The molecule has 2 amide bonds. The second-order valence-electron chi connectivity index (χ2n) is 8.66. The van der Waals surface area contributed by atoms with Crippen LogP contribution in [0.2, 0.25) is 0 Å². The van der Waals surface area contributed by atoms with Crippen molar-refractivity contribution < 1.29 is 23.9 Å². The van der Waals surface area contributed by atoms with Gasteiger partial charge in [-0.1, -0.05) is 48.6 Å². The predicted molar refractivity (Wildman–Crippen MR) is 122 cm³/mol. The molecule has 5 rings (SSSR count). The summed E-state index contributed by atoms with van der Waals surface area (Å²) in [5, 5.41) is 0. The van der Waals surface area contributed by atoms with Gasteiger partial charge >= 0.3 is 5.97 Å². The van der Waals surface area contributed by atoms with E-state index in [4.69, 9.17) is 9.47 Å². The Morgan fingerprint density at radius 2 is 1.76 bits per heavy atom. The molecule has 33 heavy (non-hydrogen) atoms. The summed E-state index contributed by atoms with van der Waals surface area (Å²) in [5.74, 6) is -1.79. The highest BCUT2D eigenvalue weighted by molar-refractivity contribution is 6.24. The lowest BCUT2D eigenvalue weighted by molar-refractivity contribution is -0.156. The van der Waals surface area contributed by atoms with Crippen LogP contribution in [0, 0.1) is 11.8 Å². The van der Waals surface area contributed by atoms with E-state index in [0.29, 0.717) is 24.4 Å². The molecule has 0 bridgehead atoms. The van der Waals surface area contributed by atoms with Crippen LogP contribution in [0.1, 0.15) is 18.4 Å². The van der Waals surface area contributed by atoms with E-state index in [1.54, 1.807) is 31.4 Å². The molecule has 3 saturated heterocycles. The maximum atomic E-state index is 13.7. The molecule has 2 aromatic rings. The third-order valence-corrected chi connectivity index (χ3v) is 7.23. The fourth-order valence-electron chi connectivity index (χ4n) is 5.93. The molecule has 3 fully saturated rings. The Hall–Kier alpha value is -3.45. The van der Waals surface area contributed by atoms with Crippen molar-refractivity contribution in [2.45, 2.75) is 24.4 Å². The van der Waals surface area contributed by atoms with Crippen LogP contribution in [0.15, 0.2) is 60.7 Å². The molecule has 7 nitrogen and oxygen atoms in total. The number of benzene rings is 2. The number of amides is 2. The third kappa shape index (κ3) is 3.03. The van der Waals surface area contributed by atoms with Gasteiger partial charge in [0.05, 0.1) is 31.7 Å². The van der Waals surface area contributed by atoms with Crippen molar-refractivity contribution in [3.05, 3.63) is 66.2 Å². The number of imide groups is 1. The summed E-state index contributed by atoms with van der Waals surface area (Å²) in [6, 6.07) is 16.1. The minimum absolute atomic E-state index is 0.274. The van der Waals surface area contributed by atoms with E-state index in [1.165, 1.54) is 12.0 Å². The van der Waals surface area contributed by atoms with Crippen molar-refractivity contribution in [3.8, 4) is 5.75 Å². The summed E-state index contributed by atoms with van der Waals surface area (Å²) in [7, 11) is 2.95. The molecule has 7 heteroatoms. The number of rotatable bonds is 5. The zero-order chi connectivity index (χ0) is 23.2. The second kappa shape index (κ2) is 8.15. The van der Waals surface area contributed by atoms with Crippen LogP contribution in [-0.4, -0.2) is 55.0 Å². The average molecular weight is 447 g/mol. The molecule has 3 aliphatic heterocycles. The first kappa shape index (κ1) is 21.4. The molecule has 0 spiro atoms. The SMILES string of the molecule is COC(=O)[C@]12CCCN1[C@@H](/C=C/c1ccccc1OC)[C@H]1C(=O)N(c3ccccc3)C(=O)[C@H]12. The maximum absolute atomic E-state index is 13.7. The predicted octanol–water partition coefficient (Wildman–Crippen LogP) is 2.90. The fraction of sp³-hybridized carbons (Fsp3) is 0.346. The van der Waals surface area contributed by atoms with Gasteiger partial charge in [-0.3, -0.25) is 19.3 Å². The summed E-state index contributed by atoms with van der Waals surface area (Å²) >= 11 is 0. The van der Waals surface area contributed by atoms with Gasteiger partial charge in [0.15, 0.2) is 0 Å². The number of hydrogen-bond donors (Lipinski definition) is 0. The van der Waals surface area contributed by atoms with Crippen molar-refractivity contribution in [2.75, 3.05) is 25.7 Å². The van der Waals surface area contributed by atoms with Crippen LogP contribution in [-0.2, 0) is 19.1 Å². The molecular weight excluding hydrogens is 420 g/mol. The van der Waals surface area contributed by atoms with E-state index in [0.717, 1.165) is 12.0 Å². The molecule has 170 valence electrons. The zero-order valence-corrected chi connectivity index (χ0v) is 18.6. The number of fused-ring (bicyclic) bond motifs is 3. The summed E-state index contributed by atoms with van der Waals surface area (Å²) < 4.78 is 10.7. The molecule has 0 radical (unpaired) electrons. The topological polar surface area (TPSA) is 76.2 Å². The summed E-state index contributed by atoms with van der Waals surface area (Å²) in [6.07, 6.45) is 5.09. The molecule has 0 saturated carbocycles. The lowest BCUT2D eigenvalue weighted by atomic mass is 9.78. The van der Waals surface area contributed by atoms with Crippen molar-refractivity contribution in [1.29, 1.82) is 0 Å². The van der Waals surface area contributed by atoms with Crippen molar-refractivity contribution in [2.24, 2.45) is 11.8 Å². The summed E-state index contributed by atoms with van der Waals surface area (Å²) in [5.41, 5.74) is 0.257. The summed E-state index contributed by atoms with van der Waals surface area (Å²) in [6.45, 7) is 0.620. The monoisotopic (exact) mass is 446 g/mol. The Bertz CT molecular complexity index is 1130. The summed E-state index contributed by atoms with van der Waals surface area (Å²) in [4.78, 5) is 43.9. The van der Waals surface area contributed by atoms with Crippen molar-refractivity contribution in [3.63, 3.8) is 0 Å². The molecule has 4 atom stereocenters. The van der Waals surface area contributed by atoms with E-state index in [-0.39, 0.29) is 11.8 Å². The Morgan fingerprint density at radius 1 is 1.03 bits per heavy atom. The van der Waals surface area contributed by atoms with Gasteiger partial charge < -0.3 is 9.47 Å². The molecule has 0 aromatic heterocycles. The van der Waals surface area contributed by atoms with Crippen molar-refractivity contribution >= 4 is 29.5 Å². The lowest BCUT2D eigenvalue weighted by Gasteiger charge is -2.35. The highest BCUT2D eigenvalue weighted by Crippen LogP contribution is 2.55. The Kier molecular flexibility index (Phi) is 5.29. The van der Waals surface area contributed by atoms with E-state index >= 15 is 0 Å². The highest BCUT2D eigenvalue weighted by atomic mass is 16.5. The highest BCUT2D eigenvalue weighted by Gasteiger charge is 2.72. The number of nitrogens with zero attached hydrogens (tertiary/aromatic N) is 2. The normalized spacial score (nSPS) is 28.9. The standard InChI is InChI=1S/C26H26N2O5/c1-32-20-12-7-6-9-17(20)13-14-19-21-22(26(25(31)33-2)15-8-16-27(19)26)24(30)28(23(21)29)18-10-4-3-5-11-18/h3-7,9-14,19,21-22H,8,15-16H2,1-2H3/b14-13+/t19-,21+,22-,26+/m0/s1. The average Bonchev–Trinajstić information content (AvgIpc) is 3.47. The fourth-order valence-corrected chi connectivity index (χ4v) is 5.93. The van der Waals surface area contributed by atoms with Crippen LogP contribution in [0.5, 0.6) is 5.75 Å². The first-order valence-corrected chi connectivity index (χ1v) is 11.1. The first-order valence-electron chi connectivity index (χ1n) is 11.1. The second-order valence-corrected chi connectivity index (χ2v) is 8.66. The van der Waals surface area contributed by atoms with E-state index < -0.39 is 29.4 Å². The lowest BCUT2D eigenvalue weighted by Crippen LogP contribution is -2.55. The molecule has 3 aliphatic rings. The van der Waals surface area contributed by atoms with Gasteiger partial charge in [-0.05, 0) is 37.6 Å². The van der Waals surface area contributed by atoms with Gasteiger partial charge in [-0.2, -0.15) is 0 Å². The minimum Gasteiger partial charge on any atom is -0.496 e. The Labute approximate surface area is 192 Å². The van der Waals surface area contributed by atoms with E-state index in [2.05, 4.69) is 0 Å². The molecule has 3 heterocycles. The smallest absolute Gasteiger partial charge is 0.327 e.